The maximum Gasteiger partial charge on any atom is 0.0587 e. The monoisotopic (exact) mass is 190 g/mol. The average Bonchev–Trinajstić information content (AvgIpc) is 2.20. The molecule has 2 heteroatoms. The lowest BCUT2D eigenvalue weighted by atomic mass is 10.1. The van der Waals surface area contributed by atoms with Crippen molar-refractivity contribution in [2.24, 2.45) is 0 Å². The van der Waals surface area contributed by atoms with Crippen molar-refractivity contribution in [3.8, 4) is 6.07 Å². The van der Waals surface area contributed by atoms with E-state index in [9.17, 15) is 0 Å². The summed E-state index contributed by atoms with van der Waals surface area (Å²) in [5.74, 6) is 0. The minimum absolute atomic E-state index is 0.567. The number of nitrogens with one attached hydrogen (secondary N) is 1. The van der Waals surface area contributed by atoms with E-state index in [1.54, 1.807) is 6.07 Å². The maximum atomic E-state index is 7.32. The zero-order valence-electron chi connectivity index (χ0n) is 9.12. The maximum absolute atomic E-state index is 7.32. The molecule has 0 saturated carbocycles. The molecule has 1 atom stereocenters. The summed E-state index contributed by atoms with van der Waals surface area (Å²) in [6.45, 7) is 3.62. The highest BCUT2D eigenvalue weighted by molar-refractivity contribution is 5.15. The summed E-state index contributed by atoms with van der Waals surface area (Å²) in [4.78, 5) is 0. The summed E-state index contributed by atoms with van der Waals surface area (Å²) in [7, 11) is 1.99. The summed E-state index contributed by atoms with van der Waals surface area (Å²) in [5.41, 5.74) is 1.40. The van der Waals surface area contributed by atoms with E-state index < -0.39 is 0 Å². The van der Waals surface area contributed by atoms with Crippen LogP contribution in [0.25, 0.3) is 0 Å². The van der Waals surface area contributed by atoms with Crippen molar-refractivity contribution in [2.75, 3.05) is 7.05 Å². The third-order valence-corrected chi connectivity index (χ3v) is 1.88. The molecule has 2 nitrogen and oxygen atoms in total. The molecule has 0 saturated heterocycles. The number of nitriles is 1. The van der Waals surface area contributed by atoms with Crippen molar-refractivity contribution in [1.29, 1.82) is 5.26 Å². The van der Waals surface area contributed by atoms with Gasteiger partial charge in [-0.15, -0.1) is 0 Å². The number of likely N-dealkylation sites (N-methyl/N-ethyl adjacent to an activating group) is 1. The second kappa shape index (κ2) is 8.28. The summed E-state index contributed by atoms with van der Waals surface area (Å²) in [6, 6.07) is 12.8. The molecule has 0 fully saturated rings. The molecule has 0 heterocycles. The van der Waals surface area contributed by atoms with Crippen molar-refractivity contribution in [2.45, 2.75) is 26.3 Å². The standard InChI is InChI=1S/C10H15N.C2H3N/c1-9(11-2)8-10-6-4-3-5-7-10;1-2-3/h3-7,9,11H,8H2,1-2H3;1H3. The van der Waals surface area contributed by atoms with Gasteiger partial charge in [0.2, 0.25) is 0 Å². The van der Waals surface area contributed by atoms with E-state index in [0.29, 0.717) is 6.04 Å². The molecular formula is C12H18N2. The third kappa shape index (κ3) is 6.22. The van der Waals surface area contributed by atoms with Gasteiger partial charge in [-0.3, -0.25) is 0 Å². The van der Waals surface area contributed by atoms with Crippen LogP contribution in [0.3, 0.4) is 0 Å². The minimum Gasteiger partial charge on any atom is -0.317 e. The van der Waals surface area contributed by atoms with Crippen LogP contribution in [0, 0.1) is 11.3 Å². The highest BCUT2D eigenvalue weighted by Gasteiger charge is 1.97. The van der Waals surface area contributed by atoms with Crippen molar-refractivity contribution in [1.82, 2.24) is 5.32 Å². The van der Waals surface area contributed by atoms with Gasteiger partial charge >= 0.3 is 0 Å². The van der Waals surface area contributed by atoms with Crippen LogP contribution in [0.1, 0.15) is 19.4 Å². The Balaban J connectivity index is 0.000000500. The first-order valence-corrected chi connectivity index (χ1v) is 4.76. The Labute approximate surface area is 86.6 Å². The molecule has 14 heavy (non-hydrogen) atoms. The van der Waals surface area contributed by atoms with Gasteiger partial charge < -0.3 is 5.32 Å². The Morgan fingerprint density at radius 2 is 1.86 bits per heavy atom. The van der Waals surface area contributed by atoms with Gasteiger partial charge in [0.1, 0.15) is 0 Å². The minimum atomic E-state index is 0.567. The first kappa shape index (κ1) is 12.7. The first-order chi connectivity index (χ1) is 6.74. The summed E-state index contributed by atoms with van der Waals surface area (Å²) < 4.78 is 0. The summed E-state index contributed by atoms with van der Waals surface area (Å²) in [6.07, 6.45) is 1.11. The van der Waals surface area contributed by atoms with Crippen molar-refractivity contribution >= 4 is 0 Å². The summed E-state index contributed by atoms with van der Waals surface area (Å²) in [5, 5.41) is 10.5. The van der Waals surface area contributed by atoms with Crippen LogP contribution < -0.4 is 5.32 Å². The quantitative estimate of drug-likeness (QED) is 0.794. The Morgan fingerprint density at radius 3 is 2.29 bits per heavy atom. The number of rotatable bonds is 3. The van der Waals surface area contributed by atoms with Gasteiger partial charge in [-0.2, -0.15) is 5.26 Å². The van der Waals surface area contributed by atoms with Crippen LogP contribution in [0.2, 0.25) is 0 Å². The molecule has 1 aromatic carbocycles. The molecule has 0 amide bonds. The smallest absolute Gasteiger partial charge is 0.0587 e. The lowest BCUT2D eigenvalue weighted by molar-refractivity contribution is 0.608. The van der Waals surface area contributed by atoms with Crippen molar-refractivity contribution in [3.05, 3.63) is 35.9 Å². The highest BCUT2D eigenvalue weighted by Crippen LogP contribution is 2.01. The number of hydrogen-bond donors (Lipinski definition) is 1. The topological polar surface area (TPSA) is 35.8 Å². The molecule has 0 aromatic heterocycles. The molecule has 0 spiro atoms. The van der Waals surface area contributed by atoms with E-state index in [2.05, 4.69) is 36.5 Å². The molecule has 76 valence electrons. The van der Waals surface area contributed by atoms with Gasteiger partial charge in [0.05, 0.1) is 6.07 Å². The predicted octanol–water partition coefficient (Wildman–Crippen LogP) is 2.37. The molecule has 1 aromatic rings. The van der Waals surface area contributed by atoms with Crippen molar-refractivity contribution in [3.63, 3.8) is 0 Å². The molecule has 0 bridgehead atoms. The third-order valence-electron chi connectivity index (χ3n) is 1.88. The van der Waals surface area contributed by atoms with E-state index in [-0.39, 0.29) is 0 Å². The summed E-state index contributed by atoms with van der Waals surface area (Å²) >= 11 is 0. The Kier molecular flexibility index (Phi) is 7.49. The molecule has 0 aliphatic heterocycles. The van der Waals surface area contributed by atoms with Crippen LogP contribution >= 0.6 is 0 Å². The zero-order chi connectivity index (χ0) is 10.8. The van der Waals surface area contributed by atoms with Gasteiger partial charge in [-0.05, 0) is 26.0 Å². The molecule has 1 unspecified atom stereocenters. The fourth-order valence-electron chi connectivity index (χ4n) is 1.07. The molecule has 1 N–H and O–H groups in total. The molecule has 1 rings (SSSR count). The van der Waals surface area contributed by atoms with Crippen molar-refractivity contribution < 1.29 is 0 Å². The SMILES string of the molecule is CC#N.CNC(C)Cc1ccccc1. The van der Waals surface area contributed by atoms with Gasteiger partial charge in [0.25, 0.3) is 0 Å². The Hall–Kier alpha value is -1.33. The van der Waals surface area contributed by atoms with Gasteiger partial charge in [-0.25, -0.2) is 0 Å². The normalized spacial score (nSPS) is 10.7. The van der Waals surface area contributed by atoms with E-state index in [1.807, 2.05) is 13.1 Å². The predicted molar refractivity (Wildman–Crippen MR) is 60.0 cm³/mol. The lowest BCUT2D eigenvalue weighted by Gasteiger charge is -2.08. The molecule has 0 aliphatic rings. The van der Waals surface area contributed by atoms with Gasteiger partial charge in [0, 0.05) is 13.0 Å². The van der Waals surface area contributed by atoms with Crippen LogP contribution in [0.15, 0.2) is 30.3 Å². The lowest BCUT2D eigenvalue weighted by Crippen LogP contribution is -2.23. The molecule has 0 aliphatic carbocycles. The zero-order valence-corrected chi connectivity index (χ0v) is 9.12. The van der Waals surface area contributed by atoms with E-state index in [4.69, 9.17) is 5.26 Å². The number of hydrogen-bond acceptors (Lipinski definition) is 2. The first-order valence-electron chi connectivity index (χ1n) is 4.76. The number of nitrogens with zero attached hydrogens (tertiary/aromatic N) is 1. The van der Waals surface area contributed by atoms with E-state index in [0.717, 1.165) is 6.42 Å². The van der Waals surface area contributed by atoms with Gasteiger partial charge in [-0.1, -0.05) is 30.3 Å². The van der Waals surface area contributed by atoms with Crippen LogP contribution in [-0.2, 0) is 6.42 Å². The second-order valence-electron chi connectivity index (χ2n) is 3.10. The second-order valence-corrected chi connectivity index (χ2v) is 3.10. The fourth-order valence-corrected chi connectivity index (χ4v) is 1.07. The Bertz CT molecular complexity index is 261. The fraction of sp³-hybridized carbons (Fsp3) is 0.417. The Morgan fingerprint density at radius 1 is 1.36 bits per heavy atom. The number of benzene rings is 1. The van der Waals surface area contributed by atoms with Crippen LogP contribution in [0.5, 0.6) is 0 Å². The molecule has 0 radical (unpaired) electrons. The van der Waals surface area contributed by atoms with E-state index >= 15 is 0 Å². The van der Waals surface area contributed by atoms with E-state index in [1.165, 1.54) is 12.5 Å². The largest absolute Gasteiger partial charge is 0.317 e. The molecular weight excluding hydrogens is 172 g/mol. The van der Waals surface area contributed by atoms with Crippen LogP contribution in [-0.4, -0.2) is 13.1 Å². The van der Waals surface area contributed by atoms with Gasteiger partial charge in [0.15, 0.2) is 0 Å². The van der Waals surface area contributed by atoms with Crippen LogP contribution in [0.4, 0.5) is 0 Å². The highest BCUT2D eigenvalue weighted by atomic mass is 14.8. The average molecular weight is 190 g/mol.